The minimum Gasteiger partial charge on any atom is -0.492 e. The van der Waals surface area contributed by atoms with Gasteiger partial charge < -0.3 is 33.2 Å². The molecule has 14 heteroatoms. The van der Waals surface area contributed by atoms with Crippen molar-refractivity contribution in [1.82, 2.24) is 0 Å². The van der Waals surface area contributed by atoms with Crippen LogP contribution in [-0.2, 0) is 63.6 Å². The highest BCUT2D eigenvalue weighted by Gasteiger charge is 2.38. The smallest absolute Gasteiger partial charge is 0.333 e. The Kier molecular flexibility index (Phi) is 20.7. The van der Waals surface area contributed by atoms with Crippen molar-refractivity contribution in [2.45, 2.75) is 104 Å². The Labute approximate surface area is 358 Å². The second-order valence-corrected chi connectivity index (χ2v) is 15.8. The Hall–Kier alpha value is -5.53. The Morgan fingerprint density at radius 1 is 0.705 bits per heavy atom. The molecule has 61 heavy (non-hydrogen) atoms. The first kappa shape index (κ1) is 49.8. The third-order valence-corrected chi connectivity index (χ3v) is 10.6. The van der Waals surface area contributed by atoms with Crippen LogP contribution in [0.25, 0.3) is 11.1 Å². The molecule has 1 aliphatic carbocycles. The van der Waals surface area contributed by atoms with E-state index in [1.807, 2.05) is 6.07 Å². The fourth-order valence-electron chi connectivity index (χ4n) is 6.89. The topological polar surface area (TPSA) is 167 Å². The SMILES string of the molecule is C=C(C)C(=O)OCCCc1cc(-c2ccc(C3CCC(CCCCC)CC3)cc2F)ccc1OCC(COC(=O)CC(=O)OC)(COC(=O)CC(=O)OC)COC(=O)C(=C)C. The van der Waals surface area contributed by atoms with Crippen molar-refractivity contribution < 1.29 is 66.3 Å². The predicted molar refractivity (Wildman–Crippen MR) is 224 cm³/mol. The van der Waals surface area contributed by atoms with Gasteiger partial charge in [0.25, 0.3) is 0 Å². The molecule has 1 saturated carbocycles. The van der Waals surface area contributed by atoms with Crippen LogP contribution in [0.15, 0.2) is 60.7 Å². The molecule has 0 spiro atoms. The molecule has 334 valence electrons. The summed E-state index contributed by atoms with van der Waals surface area (Å²) in [6, 6.07) is 10.5. The van der Waals surface area contributed by atoms with Crippen LogP contribution in [0.2, 0.25) is 0 Å². The maximum atomic E-state index is 16.0. The highest BCUT2D eigenvalue weighted by molar-refractivity contribution is 5.91. The predicted octanol–water partition coefficient (Wildman–Crippen LogP) is 8.10. The molecule has 1 aliphatic rings. The molecule has 1 fully saturated rings. The lowest BCUT2D eigenvalue weighted by atomic mass is 9.77. The number of unbranched alkanes of at least 4 members (excludes halogenated alkanes) is 2. The van der Waals surface area contributed by atoms with E-state index in [-0.39, 0.29) is 23.6 Å². The van der Waals surface area contributed by atoms with Gasteiger partial charge in [0.05, 0.1) is 20.8 Å². The maximum absolute atomic E-state index is 16.0. The van der Waals surface area contributed by atoms with Crippen LogP contribution in [0.4, 0.5) is 4.39 Å². The Bertz CT molecular complexity index is 1830. The number of carbonyl (C=O) groups is 6. The fourth-order valence-corrected chi connectivity index (χ4v) is 6.89. The first-order chi connectivity index (χ1) is 29.1. The molecule has 0 saturated heterocycles. The van der Waals surface area contributed by atoms with Crippen molar-refractivity contribution in [2.24, 2.45) is 11.3 Å². The number of carbonyl (C=O) groups excluding carboxylic acids is 6. The van der Waals surface area contributed by atoms with Gasteiger partial charge in [-0.05, 0) is 99.1 Å². The molecular formula is C47H61FO13. The van der Waals surface area contributed by atoms with Crippen LogP contribution in [-0.4, -0.2) is 83.1 Å². The van der Waals surface area contributed by atoms with Gasteiger partial charge in [-0.3, -0.25) is 19.2 Å². The normalized spacial score (nSPS) is 14.9. The molecular weight excluding hydrogens is 792 g/mol. The van der Waals surface area contributed by atoms with Gasteiger partial charge in [-0.1, -0.05) is 64.0 Å². The maximum Gasteiger partial charge on any atom is 0.333 e. The second-order valence-electron chi connectivity index (χ2n) is 15.8. The number of ether oxygens (including phenoxy) is 7. The van der Waals surface area contributed by atoms with Crippen LogP contribution < -0.4 is 4.74 Å². The first-order valence-electron chi connectivity index (χ1n) is 20.8. The fraction of sp³-hybridized carbons (Fsp3) is 0.532. The van der Waals surface area contributed by atoms with Crippen molar-refractivity contribution in [1.29, 1.82) is 0 Å². The van der Waals surface area contributed by atoms with E-state index in [0.717, 1.165) is 51.4 Å². The Morgan fingerprint density at radius 3 is 1.85 bits per heavy atom. The molecule has 2 aromatic carbocycles. The van der Waals surface area contributed by atoms with Crippen LogP contribution in [0, 0.1) is 17.2 Å². The standard InChI is InChI=1S/C47H61FO13/c1-8-9-10-12-33-14-16-34(17-15-33)35-18-20-38(39(48)24-35)36-19-21-40(37(23-36)13-11-22-57-45(53)31(2)3)58-27-47(30-61-46(54)32(4)5,28-59-43(51)25-41(49)55-6)29-60-44(52)26-42(50)56-7/h18-21,23-24,33-34H,2,4,8-17,22,25-30H2,1,3,5-7H3. The number of halogens is 1. The molecule has 13 nitrogen and oxygen atoms in total. The molecule has 0 bridgehead atoms. The van der Waals surface area contributed by atoms with Crippen molar-refractivity contribution in [3.8, 4) is 16.9 Å². The lowest BCUT2D eigenvalue weighted by molar-refractivity contribution is -0.165. The minimum atomic E-state index is -1.60. The third-order valence-electron chi connectivity index (χ3n) is 10.6. The molecule has 0 aromatic heterocycles. The van der Waals surface area contributed by atoms with E-state index in [4.69, 9.17) is 23.7 Å². The van der Waals surface area contributed by atoms with Crippen LogP contribution in [0.3, 0.4) is 0 Å². The van der Waals surface area contributed by atoms with Gasteiger partial charge in [0.1, 0.15) is 56.3 Å². The Balaban J connectivity index is 1.96. The van der Waals surface area contributed by atoms with Gasteiger partial charge >= 0.3 is 35.8 Å². The van der Waals surface area contributed by atoms with Crippen molar-refractivity contribution in [3.05, 3.63) is 77.6 Å². The minimum absolute atomic E-state index is 0.0480. The summed E-state index contributed by atoms with van der Waals surface area (Å²) < 4.78 is 53.0. The summed E-state index contributed by atoms with van der Waals surface area (Å²) in [6.07, 6.45) is 8.51. The van der Waals surface area contributed by atoms with E-state index >= 15 is 4.39 Å². The van der Waals surface area contributed by atoms with Crippen LogP contribution in [0.1, 0.15) is 108 Å². The van der Waals surface area contributed by atoms with E-state index in [9.17, 15) is 28.8 Å². The molecule has 0 aliphatic heterocycles. The molecule has 3 rings (SSSR count). The summed E-state index contributed by atoms with van der Waals surface area (Å²) in [5.41, 5.74) is 1.22. The average Bonchev–Trinajstić information content (AvgIpc) is 3.24. The van der Waals surface area contributed by atoms with Gasteiger partial charge in [-0.15, -0.1) is 0 Å². The lowest BCUT2D eigenvalue weighted by Crippen LogP contribution is -2.44. The molecule has 2 aromatic rings. The zero-order valence-electron chi connectivity index (χ0n) is 36.2. The number of rotatable bonds is 25. The van der Waals surface area contributed by atoms with Gasteiger partial charge in [-0.25, -0.2) is 14.0 Å². The van der Waals surface area contributed by atoms with Gasteiger partial charge in [0.15, 0.2) is 0 Å². The molecule has 0 radical (unpaired) electrons. The number of hydrogen-bond donors (Lipinski definition) is 0. The van der Waals surface area contributed by atoms with Crippen molar-refractivity contribution in [3.63, 3.8) is 0 Å². The summed E-state index contributed by atoms with van der Waals surface area (Å²) in [5, 5.41) is 0. The van der Waals surface area contributed by atoms with Crippen molar-refractivity contribution >= 4 is 35.8 Å². The zero-order chi connectivity index (χ0) is 45.0. The summed E-state index contributed by atoms with van der Waals surface area (Å²) in [4.78, 5) is 73.6. The highest BCUT2D eigenvalue weighted by Crippen LogP contribution is 2.39. The number of hydrogen-bond acceptors (Lipinski definition) is 13. The second kappa shape index (κ2) is 25.3. The number of esters is 6. The van der Waals surface area contributed by atoms with E-state index < -0.39 is 80.5 Å². The summed E-state index contributed by atoms with van der Waals surface area (Å²) in [7, 11) is 2.20. The van der Waals surface area contributed by atoms with Gasteiger partial charge in [-0.2, -0.15) is 0 Å². The molecule has 0 N–H and O–H groups in total. The van der Waals surface area contributed by atoms with E-state index in [1.54, 1.807) is 30.3 Å². The molecule has 0 atom stereocenters. The summed E-state index contributed by atoms with van der Waals surface area (Å²) in [6.45, 7) is 10.3. The summed E-state index contributed by atoms with van der Waals surface area (Å²) >= 11 is 0. The average molecular weight is 853 g/mol. The monoisotopic (exact) mass is 852 g/mol. The molecule has 0 unspecified atom stereocenters. The quantitative estimate of drug-likeness (QED) is 0.0309. The number of aryl methyl sites for hydroxylation is 1. The molecule has 0 heterocycles. The van der Waals surface area contributed by atoms with E-state index in [1.165, 1.54) is 39.5 Å². The zero-order valence-corrected chi connectivity index (χ0v) is 36.2. The number of benzene rings is 2. The van der Waals surface area contributed by atoms with Crippen LogP contribution >= 0.6 is 0 Å². The lowest BCUT2D eigenvalue weighted by Gasteiger charge is -2.32. The van der Waals surface area contributed by atoms with E-state index in [0.29, 0.717) is 41.2 Å². The largest absolute Gasteiger partial charge is 0.492 e. The van der Waals surface area contributed by atoms with Gasteiger partial charge in [0.2, 0.25) is 0 Å². The van der Waals surface area contributed by atoms with E-state index in [2.05, 4.69) is 29.6 Å². The van der Waals surface area contributed by atoms with Crippen LogP contribution in [0.5, 0.6) is 5.75 Å². The Morgan fingerprint density at radius 2 is 1.30 bits per heavy atom. The third kappa shape index (κ3) is 16.8. The van der Waals surface area contributed by atoms with Gasteiger partial charge in [0, 0.05) is 16.7 Å². The first-order valence-corrected chi connectivity index (χ1v) is 20.8. The van der Waals surface area contributed by atoms with Crippen molar-refractivity contribution in [2.75, 3.05) is 47.3 Å². The molecule has 0 amide bonds. The number of methoxy groups -OCH3 is 2. The summed E-state index contributed by atoms with van der Waals surface area (Å²) in [5.74, 6) is -4.09. The highest BCUT2D eigenvalue weighted by atomic mass is 19.1.